The molecule has 1 atom stereocenters. The zero-order chi connectivity index (χ0) is 14.7. The molecule has 0 aromatic heterocycles. The van der Waals surface area contributed by atoms with Gasteiger partial charge < -0.3 is 14.6 Å². The van der Waals surface area contributed by atoms with Crippen LogP contribution in [-0.2, 0) is 0 Å². The molecule has 0 radical (unpaired) electrons. The summed E-state index contributed by atoms with van der Waals surface area (Å²) in [7, 11) is 3.15. The van der Waals surface area contributed by atoms with Crippen molar-refractivity contribution in [2.45, 2.75) is 6.10 Å². The molecule has 2 rings (SSSR count). The summed E-state index contributed by atoms with van der Waals surface area (Å²) in [6.45, 7) is 0. The molecule has 106 valence electrons. The van der Waals surface area contributed by atoms with Gasteiger partial charge in [0.2, 0.25) is 0 Å². The van der Waals surface area contributed by atoms with Gasteiger partial charge in [-0.2, -0.15) is 0 Å². The number of halogens is 2. The third-order valence-electron chi connectivity index (χ3n) is 2.94. The number of rotatable bonds is 4. The number of hydrogen-bond donors (Lipinski definition) is 1. The highest BCUT2D eigenvalue weighted by Gasteiger charge is 2.16. The standard InChI is InChI=1S/C15H14ClIO3/c1-19-11-5-9(6-12(8-11)20-2)15(18)13-7-10(16)3-4-14(13)17/h3-8,15,18H,1-2H3. The Balaban J connectivity index is 2.46. The van der Waals surface area contributed by atoms with E-state index in [0.717, 1.165) is 9.13 Å². The second-order valence-corrected chi connectivity index (χ2v) is 5.81. The average molecular weight is 405 g/mol. The van der Waals surface area contributed by atoms with Crippen molar-refractivity contribution in [1.82, 2.24) is 0 Å². The topological polar surface area (TPSA) is 38.7 Å². The van der Waals surface area contributed by atoms with Gasteiger partial charge in [0.25, 0.3) is 0 Å². The number of aliphatic hydroxyl groups is 1. The fourth-order valence-corrected chi connectivity index (χ4v) is 2.70. The van der Waals surface area contributed by atoms with Crippen LogP contribution in [0, 0.1) is 3.57 Å². The molecule has 0 saturated heterocycles. The Morgan fingerprint density at radius 2 is 1.65 bits per heavy atom. The van der Waals surface area contributed by atoms with E-state index < -0.39 is 6.10 Å². The van der Waals surface area contributed by atoms with Crippen molar-refractivity contribution in [1.29, 1.82) is 0 Å². The van der Waals surface area contributed by atoms with Crippen LogP contribution in [-0.4, -0.2) is 19.3 Å². The van der Waals surface area contributed by atoms with Gasteiger partial charge in [0.15, 0.2) is 0 Å². The lowest BCUT2D eigenvalue weighted by atomic mass is 10.0. The fourth-order valence-electron chi connectivity index (χ4n) is 1.89. The van der Waals surface area contributed by atoms with Gasteiger partial charge in [-0.3, -0.25) is 0 Å². The van der Waals surface area contributed by atoms with E-state index in [1.54, 1.807) is 44.6 Å². The normalized spacial score (nSPS) is 12.1. The molecule has 20 heavy (non-hydrogen) atoms. The lowest BCUT2D eigenvalue weighted by Crippen LogP contribution is -2.03. The third kappa shape index (κ3) is 3.37. The largest absolute Gasteiger partial charge is 0.497 e. The lowest BCUT2D eigenvalue weighted by Gasteiger charge is -2.16. The summed E-state index contributed by atoms with van der Waals surface area (Å²) in [5, 5.41) is 11.2. The molecule has 0 heterocycles. The van der Waals surface area contributed by atoms with Crippen LogP contribution in [0.2, 0.25) is 5.02 Å². The summed E-state index contributed by atoms with van der Waals surface area (Å²) >= 11 is 8.18. The van der Waals surface area contributed by atoms with E-state index in [4.69, 9.17) is 21.1 Å². The summed E-state index contributed by atoms with van der Waals surface area (Å²) < 4.78 is 11.4. The molecular formula is C15H14ClIO3. The minimum atomic E-state index is -0.787. The molecular weight excluding hydrogens is 391 g/mol. The summed E-state index contributed by atoms with van der Waals surface area (Å²) in [6, 6.07) is 10.8. The molecule has 3 nitrogen and oxygen atoms in total. The lowest BCUT2D eigenvalue weighted by molar-refractivity contribution is 0.218. The van der Waals surface area contributed by atoms with Crippen LogP contribution in [0.25, 0.3) is 0 Å². The summed E-state index contributed by atoms with van der Waals surface area (Å²) in [6.07, 6.45) is -0.787. The van der Waals surface area contributed by atoms with E-state index >= 15 is 0 Å². The zero-order valence-corrected chi connectivity index (χ0v) is 14.0. The van der Waals surface area contributed by atoms with Crippen LogP contribution >= 0.6 is 34.2 Å². The molecule has 2 aromatic carbocycles. The second kappa shape index (κ2) is 6.65. The zero-order valence-electron chi connectivity index (χ0n) is 11.1. The maximum Gasteiger partial charge on any atom is 0.122 e. The van der Waals surface area contributed by atoms with Gasteiger partial charge >= 0.3 is 0 Å². The van der Waals surface area contributed by atoms with E-state index in [9.17, 15) is 5.11 Å². The highest BCUT2D eigenvalue weighted by atomic mass is 127. The molecule has 1 unspecified atom stereocenters. The molecule has 0 aliphatic rings. The first-order chi connectivity index (χ1) is 9.55. The average Bonchev–Trinajstić information content (AvgIpc) is 2.48. The van der Waals surface area contributed by atoms with Crippen LogP contribution < -0.4 is 9.47 Å². The smallest absolute Gasteiger partial charge is 0.122 e. The second-order valence-electron chi connectivity index (χ2n) is 4.21. The van der Waals surface area contributed by atoms with Crippen molar-refractivity contribution in [3.63, 3.8) is 0 Å². The minimum absolute atomic E-state index is 0.592. The predicted octanol–water partition coefficient (Wildman–Crippen LogP) is 4.04. The first-order valence-electron chi connectivity index (χ1n) is 5.91. The number of benzene rings is 2. The first kappa shape index (κ1) is 15.4. The van der Waals surface area contributed by atoms with Crippen molar-refractivity contribution in [2.75, 3.05) is 14.2 Å². The Kier molecular flexibility index (Phi) is 5.12. The molecule has 1 N–H and O–H groups in total. The number of methoxy groups -OCH3 is 2. The summed E-state index contributed by atoms with van der Waals surface area (Å²) in [5.41, 5.74) is 1.45. The number of hydrogen-bond acceptors (Lipinski definition) is 3. The maximum absolute atomic E-state index is 10.6. The molecule has 0 amide bonds. The quantitative estimate of drug-likeness (QED) is 0.782. The molecule has 0 bridgehead atoms. The number of aliphatic hydroxyl groups excluding tert-OH is 1. The Hall–Kier alpha value is -0.980. The van der Waals surface area contributed by atoms with Gasteiger partial charge in [0.05, 0.1) is 14.2 Å². The summed E-state index contributed by atoms with van der Waals surface area (Å²) in [4.78, 5) is 0. The molecule has 0 saturated carbocycles. The molecule has 0 fully saturated rings. The predicted molar refractivity (Wildman–Crippen MR) is 87.8 cm³/mol. The first-order valence-corrected chi connectivity index (χ1v) is 7.37. The van der Waals surface area contributed by atoms with Gasteiger partial charge in [-0.25, -0.2) is 0 Å². The van der Waals surface area contributed by atoms with Crippen LogP contribution in [0.4, 0.5) is 0 Å². The van der Waals surface area contributed by atoms with Gasteiger partial charge in [0, 0.05) is 14.7 Å². The molecule has 5 heteroatoms. The Morgan fingerprint density at radius 1 is 1.05 bits per heavy atom. The van der Waals surface area contributed by atoms with Crippen LogP contribution in [0.1, 0.15) is 17.2 Å². The van der Waals surface area contributed by atoms with Crippen molar-refractivity contribution in [3.8, 4) is 11.5 Å². The van der Waals surface area contributed by atoms with Crippen LogP contribution in [0.5, 0.6) is 11.5 Å². The Labute approximate surface area is 136 Å². The van der Waals surface area contributed by atoms with E-state index in [1.165, 1.54) is 0 Å². The Morgan fingerprint density at radius 3 is 2.20 bits per heavy atom. The highest BCUT2D eigenvalue weighted by molar-refractivity contribution is 14.1. The molecule has 2 aromatic rings. The maximum atomic E-state index is 10.6. The van der Waals surface area contributed by atoms with E-state index in [0.29, 0.717) is 22.1 Å². The van der Waals surface area contributed by atoms with Crippen molar-refractivity contribution in [2.24, 2.45) is 0 Å². The highest BCUT2D eigenvalue weighted by Crippen LogP contribution is 2.32. The molecule has 0 aliphatic carbocycles. The van der Waals surface area contributed by atoms with Gasteiger partial charge in [-0.15, -0.1) is 0 Å². The van der Waals surface area contributed by atoms with Gasteiger partial charge in [0.1, 0.15) is 17.6 Å². The summed E-state index contributed by atoms with van der Waals surface area (Å²) in [5.74, 6) is 1.27. The van der Waals surface area contributed by atoms with Gasteiger partial charge in [-0.1, -0.05) is 11.6 Å². The van der Waals surface area contributed by atoms with Crippen molar-refractivity contribution < 1.29 is 14.6 Å². The van der Waals surface area contributed by atoms with Crippen LogP contribution in [0.3, 0.4) is 0 Å². The Bertz CT molecular complexity index is 594. The fraction of sp³-hybridized carbons (Fsp3) is 0.200. The third-order valence-corrected chi connectivity index (χ3v) is 4.16. The van der Waals surface area contributed by atoms with E-state index in [2.05, 4.69) is 22.6 Å². The van der Waals surface area contributed by atoms with E-state index in [1.807, 2.05) is 6.07 Å². The SMILES string of the molecule is COc1cc(OC)cc(C(O)c2cc(Cl)ccc2I)c1. The molecule has 0 aliphatic heterocycles. The van der Waals surface area contributed by atoms with E-state index in [-0.39, 0.29) is 0 Å². The monoisotopic (exact) mass is 404 g/mol. The van der Waals surface area contributed by atoms with Crippen LogP contribution in [0.15, 0.2) is 36.4 Å². The van der Waals surface area contributed by atoms with Crippen molar-refractivity contribution in [3.05, 3.63) is 56.1 Å². The van der Waals surface area contributed by atoms with Crippen molar-refractivity contribution >= 4 is 34.2 Å². The minimum Gasteiger partial charge on any atom is -0.497 e. The number of ether oxygens (including phenoxy) is 2. The molecule has 0 spiro atoms. The van der Waals surface area contributed by atoms with Gasteiger partial charge in [-0.05, 0) is 64.0 Å².